The molecule has 0 saturated carbocycles. The molecular formula is C10H8N2O3. The molecule has 76 valence electrons. The van der Waals surface area contributed by atoms with Crippen molar-refractivity contribution in [2.24, 2.45) is 5.16 Å². The molecule has 1 heterocycles. The van der Waals surface area contributed by atoms with Crippen molar-refractivity contribution in [3.63, 3.8) is 0 Å². The molecule has 0 fully saturated rings. The average Bonchev–Trinajstić information content (AvgIpc) is 2.59. The fourth-order valence-electron chi connectivity index (χ4n) is 1.25. The second kappa shape index (κ2) is 3.83. The number of anilines is 1. The highest BCUT2D eigenvalue weighted by molar-refractivity contribution is 6.31. The molecule has 0 saturated heterocycles. The smallest absolute Gasteiger partial charge is 0.272 e. The van der Waals surface area contributed by atoms with Gasteiger partial charge in [0.15, 0.2) is 0 Å². The average molecular weight is 204 g/mol. The summed E-state index contributed by atoms with van der Waals surface area (Å²) in [5.74, 6) is -0.224. The SMILES string of the molecule is O=C(/C=N/O)Nc1cc2ccccc2o1. The van der Waals surface area contributed by atoms with E-state index in [0.29, 0.717) is 11.5 Å². The predicted octanol–water partition coefficient (Wildman–Crippen LogP) is 1.83. The maximum absolute atomic E-state index is 11.0. The molecule has 0 aliphatic heterocycles. The third-order valence-corrected chi connectivity index (χ3v) is 1.85. The fraction of sp³-hybridized carbons (Fsp3) is 0. The number of benzene rings is 1. The van der Waals surface area contributed by atoms with Crippen molar-refractivity contribution in [3.05, 3.63) is 30.3 Å². The number of furan rings is 1. The molecule has 1 aromatic heterocycles. The van der Waals surface area contributed by atoms with E-state index in [4.69, 9.17) is 9.62 Å². The minimum atomic E-state index is -0.545. The van der Waals surface area contributed by atoms with E-state index in [1.54, 1.807) is 12.1 Å². The van der Waals surface area contributed by atoms with Crippen LogP contribution in [-0.4, -0.2) is 17.3 Å². The van der Waals surface area contributed by atoms with Gasteiger partial charge in [-0.15, -0.1) is 0 Å². The molecular weight excluding hydrogens is 196 g/mol. The molecule has 0 aliphatic carbocycles. The molecule has 0 aliphatic rings. The summed E-state index contributed by atoms with van der Waals surface area (Å²) >= 11 is 0. The van der Waals surface area contributed by atoms with E-state index in [-0.39, 0.29) is 0 Å². The van der Waals surface area contributed by atoms with Crippen LogP contribution in [0.3, 0.4) is 0 Å². The molecule has 0 radical (unpaired) electrons. The van der Waals surface area contributed by atoms with Gasteiger partial charge in [0.05, 0.1) is 0 Å². The Hall–Kier alpha value is -2.30. The first kappa shape index (κ1) is 9.26. The summed E-state index contributed by atoms with van der Waals surface area (Å²) < 4.78 is 5.31. The zero-order chi connectivity index (χ0) is 10.7. The number of hydrogen-bond donors (Lipinski definition) is 2. The minimum absolute atomic E-state index is 0.320. The number of nitrogens with one attached hydrogen (secondary N) is 1. The van der Waals surface area contributed by atoms with Crippen LogP contribution in [0, 0.1) is 0 Å². The van der Waals surface area contributed by atoms with Gasteiger partial charge in [-0.25, -0.2) is 0 Å². The molecule has 5 heteroatoms. The molecule has 0 spiro atoms. The largest absolute Gasteiger partial charge is 0.440 e. The Labute approximate surface area is 85.0 Å². The van der Waals surface area contributed by atoms with E-state index in [0.717, 1.165) is 11.6 Å². The molecule has 15 heavy (non-hydrogen) atoms. The Morgan fingerprint density at radius 3 is 3.00 bits per heavy atom. The van der Waals surface area contributed by atoms with Crippen molar-refractivity contribution in [1.82, 2.24) is 0 Å². The van der Waals surface area contributed by atoms with E-state index >= 15 is 0 Å². The van der Waals surface area contributed by atoms with Gasteiger partial charge >= 0.3 is 0 Å². The second-order valence-electron chi connectivity index (χ2n) is 2.88. The maximum atomic E-state index is 11.0. The zero-order valence-electron chi connectivity index (χ0n) is 7.68. The zero-order valence-corrected chi connectivity index (χ0v) is 7.68. The Balaban J connectivity index is 2.26. The summed E-state index contributed by atoms with van der Waals surface area (Å²) in [4.78, 5) is 11.0. The number of nitrogens with zero attached hydrogens (tertiary/aromatic N) is 1. The van der Waals surface area contributed by atoms with Gasteiger partial charge in [-0.2, -0.15) is 0 Å². The molecule has 1 amide bonds. The van der Waals surface area contributed by atoms with Gasteiger partial charge in [0.25, 0.3) is 5.91 Å². The van der Waals surface area contributed by atoms with E-state index in [1.165, 1.54) is 0 Å². The standard InChI is InChI=1S/C10H8N2O3/c13-9(6-11-14)12-10-5-7-3-1-2-4-8(7)15-10/h1-6,14H,(H,12,13)/b11-6+. The molecule has 0 atom stereocenters. The van der Waals surface area contributed by atoms with Gasteiger partial charge < -0.3 is 9.62 Å². The molecule has 2 rings (SSSR count). The summed E-state index contributed by atoms with van der Waals surface area (Å²) in [5, 5.41) is 14.1. The first-order valence-corrected chi connectivity index (χ1v) is 4.26. The number of amides is 1. The third kappa shape index (κ3) is 1.96. The van der Waals surface area contributed by atoms with Crippen molar-refractivity contribution in [2.75, 3.05) is 5.32 Å². The van der Waals surface area contributed by atoms with Gasteiger partial charge in [-0.3, -0.25) is 10.1 Å². The van der Waals surface area contributed by atoms with E-state index < -0.39 is 5.91 Å². The highest BCUT2D eigenvalue weighted by Crippen LogP contribution is 2.22. The lowest BCUT2D eigenvalue weighted by atomic mass is 10.3. The van der Waals surface area contributed by atoms with Gasteiger partial charge in [-0.1, -0.05) is 23.4 Å². The molecule has 5 nitrogen and oxygen atoms in total. The fourth-order valence-corrected chi connectivity index (χ4v) is 1.25. The predicted molar refractivity (Wildman–Crippen MR) is 55.1 cm³/mol. The number of carbonyl (C=O) groups excluding carboxylic acids is 1. The van der Waals surface area contributed by atoms with Crippen molar-refractivity contribution in [2.45, 2.75) is 0 Å². The van der Waals surface area contributed by atoms with Gasteiger partial charge in [0.1, 0.15) is 11.8 Å². The lowest BCUT2D eigenvalue weighted by molar-refractivity contribution is -0.110. The Morgan fingerprint density at radius 1 is 1.47 bits per heavy atom. The van der Waals surface area contributed by atoms with Crippen LogP contribution in [0.5, 0.6) is 0 Å². The summed E-state index contributed by atoms with van der Waals surface area (Å²) in [6.45, 7) is 0. The Bertz CT molecular complexity index is 483. The van der Waals surface area contributed by atoms with Crippen LogP contribution >= 0.6 is 0 Å². The Kier molecular flexibility index (Phi) is 2.37. The van der Waals surface area contributed by atoms with Gasteiger partial charge in [-0.05, 0) is 6.07 Å². The topological polar surface area (TPSA) is 74.8 Å². The van der Waals surface area contributed by atoms with Crippen molar-refractivity contribution >= 4 is 29.0 Å². The first-order valence-electron chi connectivity index (χ1n) is 4.26. The summed E-state index contributed by atoms with van der Waals surface area (Å²) in [6, 6.07) is 9.07. The number of rotatable bonds is 2. The van der Waals surface area contributed by atoms with Crippen molar-refractivity contribution in [1.29, 1.82) is 0 Å². The number of para-hydroxylation sites is 1. The normalized spacial score (nSPS) is 10.9. The molecule has 0 bridgehead atoms. The van der Waals surface area contributed by atoms with Crippen LogP contribution in [0.1, 0.15) is 0 Å². The summed E-state index contributed by atoms with van der Waals surface area (Å²) in [5.41, 5.74) is 0.689. The Morgan fingerprint density at radius 2 is 2.27 bits per heavy atom. The van der Waals surface area contributed by atoms with E-state index in [9.17, 15) is 4.79 Å². The number of oxime groups is 1. The van der Waals surface area contributed by atoms with Crippen LogP contribution < -0.4 is 5.32 Å². The highest BCUT2D eigenvalue weighted by Gasteiger charge is 2.04. The van der Waals surface area contributed by atoms with Crippen LogP contribution in [0.25, 0.3) is 11.0 Å². The maximum Gasteiger partial charge on any atom is 0.272 e. The summed E-state index contributed by atoms with van der Waals surface area (Å²) in [7, 11) is 0. The van der Waals surface area contributed by atoms with Crippen LogP contribution in [0.2, 0.25) is 0 Å². The molecule has 2 aromatic rings. The van der Waals surface area contributed by atoms with Crippen molar-refractivity contribution < 1.29 is 14.4 Å². The third-order valence-electron chi connectivity index (χ3n) is 1.85. The summed E-state index contributed by atoms with van der Waals surface area (Å²) in [6.07, 6.45) is 0.757. The van der Waals surface area contributed by atoms with Gasteiger partial charge in [0, 0.05) is 11.5 Å². The quantitative estimate of drug-likeness (QED) is 0.445. The van der Waals surface area contributed by atoms with Crippen LogP contribution in [0.15, 0.2) is 39.9 Å². The van der Waals surface area contributed by atoms with Gasteiger partial charge in [0.2, 0.25) is 5.88 Å². The second-order valence-corrected chi connectivity index (χ2v) is 2.88. The van der Waals surface area contributed by atoms with Crippen LogP contribution in [-0.2, 0) is 4.79 Å². The highest BCUT2D eigenvalue weighted by atomic mass is 16.4. The number of carbonyl (C=O) groups is 1. The number of fused-ring (bicyclic) bond motifs is 1. The minimum Gasteiger partial charge on any atom is -0.440 e. The molecule has 0 unspecified atom stereocenters. The van der Waals surface area contributed by atoms with E-state index in [1.807, 2.05) is 18.2 Å². The lowest BCUT2D eigenvalue weighted by Gasteiger charge is -1.93. The van der Waals surface area contributed by atoms with E-state index in [2.05, 4.69) is 10.5 Å². The first-order chi connectivity index (χ1) is 7.29. The van der Waals surface area contributed by atoms with Crippen molar-refractivity contribution in [3.8, 4) is 0 Å². The molecule has 1 aromatic carbocycles. The number of hydrogen-bond acceptors (Lipinski definition) is 4. The monoisotopic (exact) mass is 204 g/mol. The molecule has 2 N–H and O–H groups in total. The van der Waals surface area contributed by atoms with Crippen LogP contribution in [0.4, 0.5) is 5.88 Å². The lowest BCUT2D eigenvalue weighted by Crippen LogP contribution is -2.11.